The molecule has 3 aromatic rings. The van der Waals surface area contributed by atoms with Gasteiger partial charge in [-0.1, -0.05) is 59.8 Å². The monoisotopic (exact) mass is 420 g/mol. The van der Waals surface area contributed by atoms with Gasteiger partial charge in [-0.2, -0.15) is 0 Å². The number of aromatic nitrogens is 2. The number of nitrogens with zero attached hydrogens (tertiary/aromatic N) is 1. The fourth-order valence-corrected chi connectivity index (χ4v) is 4.15. The predicted molar refractivity (Wildman–Crippen MR) is 117 cm³/mol. The molecule has 152 valence electrons. The first kappa shape index (κ1) is 19.9. The molecule has 0 spiro atoms. The molecule has 3 N–H and O–H groups in total. The van der Waals surface area contributed by atoms with E-state index in [2.05, 4.69) is 26.7 Å². The van der Waals surface area contributed by atoms with Crippen LogP contribution in [-0.4, -0.2) is 21.8 Å². The van der Waals surface area contributed by atoms with Gasteiger partial charge in [0.05, 0.1) is 11.5 Å². The summed E-state index contributed by atoms with van der Waals surface area (Å²) in [7, 11) is 0. The number of rotatable bonds is 5. The van der Waals surface area contributed by atoms with Crippen LogP contribution >= 0.6 is 11.8 Å². The van der Waals surface area contributed by atoms with Crippen LogP contribution in [0.25, 0.3) is 0 Å². The number of hydrogen-bond acceptors (Lipinski definition) is 5. The maximum Gasteiger partial charge on any atom is 0.257 e. The molecule has 1 aromatic heterocycles. The Balaban J connectivity index is 1.58. The van der Waals surface area contributed by atoms with Crippen LogP contribution in [0.4, 0.5) is 11.5 Å². The minimum Gasteiger partial charge on any atom is -0.326 e. The number of aryl methyl sites for hydroxylation is 1. The van der Waals surface area contributed by atoms with E-state index in [1.54, 1.807) is 24.3 Å². The Kier molecular flexibility index (Phi) is 5.67. The first-order chi connectivity index (χ1) is 14.5. The smallest absolute Gasteiger partial charge is 0.257 e. The van der Waals surface area contributed by atoms with Crippen LogP contribution in [-0.2, 0) is 15.3 Å². The summed E-state index contributed by atoms with van der Waals surface area (Å²) in [6.45, 7) is 2.02. The number of hydrogen-bond donors (Lipinski definition) is 3. The molecule has 30 heavy (non-hydrogen) atoms. The van der Waals surface area contributed by atoms with Crippen molar-refractivity contribution in [3.63, 3.8) is 0 Å². The van der Waals surface area contributed by atoms with Gasteiger partial charge in [0.15, 0.2) is 5.16 Å². The van der Waals surface area contributed by atoms with Crippen LogP contribution in [0, 0.1) is 6.92 Å². The largest absolute Gasteiger partial charge is 0.326 e. The molecular formula is C22H20N4O3S. The molecule has 1 atom stereocenters. The molecule has 0 radical (unpaired) electrons. The molecule has 2 heterocycles. The molecule has 0 fully saturated rings. The van der Waals surface area contributed by atoms with Crippen molar-refractivity contribution in [2.75, 3.05) is 10.6 Å². The molecule has 0 bridgehead atoms. The number of thioether (sulfide) groups is 1. The van der Waals surface area contributed by atoms with E-state index < -0.39 is 17.4 Å². The van der Waals surface area contributed by atoms with Gasteiger partial charge in [-0.25, -0.2) is 4.98 Å². The van der Waals surface area contributed by atoms with Crippen LogP contribution < -0.4 is 16.2 Å². The molecule has 1 unspecified atom stereocenters. The normalized spacial score (nSPS) is 15.2. The van der Waals surface area contributed by atoms with E-state index in [1.165, 1.54) is 11.8 Å². The molecule has 2 aromatic carbocycles. The van der Waals surface area contributed by atoms with Crippen molar-refractivity contribution in [3.05, 3.63) is 81.6 Å². The Morgan fingerprint density at radius 2 is 1.97 bits per heavy atom. The summed E-state index contributed by atoms with van der Waals surface area (Å²) in [5.41, 5.74) is 2.62. The first-order valence-electron chi connectivity index (χ1n) is 9.48. The highest BCUT2D eigenvalue weighted by Gasteiger charge is 2.34. The van der Waals surface area contributed by atoms with Crippen molar-refractivity contribution >= 4 is 35.1 Å². The molecule has 0 saturated carbocycles. The molecule has 0 aliphatic carbocycles. The zero-order valence-electron chi connectivity index (χ0n) is 16.3. The fourth-order valence-electron chi connectivity index (χ4n) is 3.35. The maximum absolute atomic E-state index is 12.8. The third-order valence-electron chi connectivity index (χ3n) is 4.75. The summed E-state index contributed by atoms with van der Waals surface area (Å²) >= 11 is 1.36. The van der Waals surface area contributed by atoms with E-state index in [1.807, 2.05) is 31.2 Å². The summed E-state index contributed by atoms with van der Waals surface area (Å²) in [5.74, 6) is -0.890. The molecular weight excluding hydrogens is 400 g/mol. The lowest BCUT2D eigenvalue weighted by atomic mass is 9.92. The Bertz CT molecular complexity index is 1160. The second kappa shape index (κ2) is 8.54. The first-order valence-corrected chi connectivity index (χ1v) is 10.5. The highest BCUT2D eigenvalue weighted by Crippen LogP contribution is 2.31. The fraction of sp³-hybridized carbons (Fsp3) is 0.182. The molecule has 7 nitrogen and oxygen atoms in total. The zero-order valence-corrected chi connectivity index (χ0v) is 17.1. The van der Waals surface area contributed by atoms with Gasteiger partial charge in [-0.05, 0) is 24.6 Å². The van der Waals surface area contributed by atoms with Crippen LogP contribution in [0.3, 0.4) is 0 Å². The molecule has 1 aliphatic rings. The lowest BCUT2D eigenvalue weighted by Gasteiger charge is -2.23. The Morgan fingerprint density at radius 1 is 1.17 bits per heavy atom. The number of para-hydroxylation sites is 1. The number of amides is 2. The van der Waals surface area contributed by atoms with Crippen LogP contribution in [0.5, 0.6) is 0 Å². The van der Waals surface area contributed by atoms with Crippen LogP contribution in [0.1, 0.15) is 29.0 Å². The second-order valence-electron chi connectivity index (χ2n) is 7.07. The number of nitrogens with one attached hydrogen (secondary N) is 3. The average molecular weight is 420 g/mol. The number of anilines is 2. The Hall–Kier alpha value is -3.39. The van der Waals surface area contributed by atoms with E-state index in [-0.39, 0.29) is 23.7 Å². The quantitative estimate of drug-likeness (QED) is 0.433. The van der Waals surface area contributed by atoms with Gasteiger partial charge in [0.1, 0.15) is 5.82 Å². The van der Waals surface area contributed by atoms with E-state index in [4.69, 9.17) is 0 Å². The number of benzene rings is 2. The third kappa shape index (κ3) is 4.44. The van der Waals surface area contributed by atoms with Gasteiger partial charge in [0.25, 0.3) is 5.56 Å². The SMILES string of the molecule is Cc1cccc(CSc2nc3c(c(=O)[nH]2)C(C(=O)Nc2ccccc2)CC(=O)N3)c1. The van der Waals surface area contributed by atoms with Gasteiger partial charge >= 0.3 is 0 Å². The van der Waals surface area contributed by atoms with Crippen molar-refractivity contribution in [2.24, 2.45) is 0 Å². The van der Waals surface area contributed by atoms with Gasteiger partial charge in [0, 0.05) is 17.9 Å². The maximum atomic E-state index is 12.8. The summed E-state index contributed by atoms with van der Waals surface area (Å²) in [6.07, 6.45) is -0.105. The summed E-state index contributed by atoms with van der Waals surface area (Å²) in [5, 5.41) is 5.79. The Labute approximate surface area is 177 Å². The third-order valence-corrected chi connectivity index (χ3v) is 5.69. The summed E-state index contributed by atoms with van der Waals surface area (Å²) in [4.78, 5) is 44.9. The molecule has 1 aliphatic heterocycles. The van der Waals surface area contributed by atoms with Crippen molar-refractivity contribution in [1.29, 1.82) is 0 Å². The number of fused-ring (bicyclic) bond motifs is 1. The van der Waals surface area contributed by atoms with Crippen LogP contribution in [0.15, 0.2) is 64.5 Å². The molecule has 8 heteroatoms. The van der Waals surface area contributed by atoms with Crippen LogP contribution in [0.2, 0.25) is 0 Å². The van der Waals surface area contributed by atoms with Crippen molar-refractivity contribution in [3.8, 4) is 0 Å². The second-order valence-corrected chi connectivity index (χ2v) is 8.04. The van der Waals surface area contributed by atoms with Gasteiger partial charge < -0.3 is 15.6 Å². The van der Waals surface area contributed by atoms with Crippen molar-refractivity contribution in [1.82, 2.24) is 9.97 Å². The summed E-state index contributed by atoms with van der Waals surface area (Å²) in [6, 6.07) is 17.0. The van der Waals surface area contributed by atoms with Gasteiger partial charge in [-0.3, -0.25) is 14.4 Å². The van der Waals surface area contributed by atoms with Gasteiger partial charge in [-0.15, -0.1) is 0 Å². The minimum absolute atomic E-state index is 0.105. The number of aromatic amines is 1. The van der Waals surface area contributed by atoms with E-state index in [0.29, 0.717) is 16.6 Å². The molecule has 2 amide bonds. The number of carbonyl (C=O) groups excluding carboxylic acids is 2. The summed E-state index contributed by atoms with van der Waals surface area (Å²) < 4.78 is 0. The molecule has 4 rings (SSSR count). The van der Waals surface area contributed by atoms with Crippen molar-refractivity contribution in [2.45, 2.75) is 30.2 Å². The topological polar surface area (TPSA) is 104 Å². The lowest BCUT2D eigenvalue weighted by molar-refractivity contribution is -0.123. The molecule has 0 saturated heterocycles. The average Bonchev–Trinajstić information content (AvgIpc) is 2.72. The highest BCUT2D eigenvalue weighted by molar-refractivity contribution is 7.98. The predicted octanol–water partition coefficient (Wildman–Crippen LogP) is 3.44. The lowest BCUT2D eigenvalue weighted by Crippen LogP contribution is -2.36. The van der Waals surface area contributed by atoms with Gasteiger partial charge in [0.2, 0.25) is 11.8 Å². The van der Waals surface area contributed by atoms with Crippen molar-refractivity contribution < 1.29 is 9.59 Å². The standard InChI is InChI=1S/C22H20N4O3S/c1-13-6-5-7-14(10-13)12-30-22-25-19-18(21(29)26-22)16(11-17(27)24-19)20(28)23-15-8-3-2-4-9-15/h2-10,16H,11-12H2,1H3,(H,23,28)(H2,24,25,26,27,29). The van der Waals surface area contributed by atoms with E-state index in [9.17, 15) is 14.4 Å². The Morgan fingerprint density at radius 3 is 2.73 bits per heavy atom. The highest BCUT2D eigenvalue weighted by atomic mass is 32.2. The number of H-pyrrole nitrogens is 1. The number of carbonyl (C=O) groups is 2. The zero-order chi connectivity index (χ0) is 21.1. The van der Waals surface area contributed by atoms with E-state index in [0.717, 1.165) is 11.1 Å². The minimum atomic E-state index is -0.902. The van der Waals surface area contributed by atoms with E-state index >= 15 is 0 Å².